The second kappa shape index (κ2) is 10.7. The van der Waals surface area contributed by atoms with Crippen LogP contribution in [0.1, 0.15) is 0 Å². The molecule has 48 heavy (non-hydrogen) atoms. The van der Waals surface area contributed by atoms with Gasteiger partial charge in [0.05, 0.1) is 33.2 Å². The summed E-state index contributed by atoms with van der Waals surface area (Å²) in [7, 11) is 0. The SMILES string of the molecule is Fc1c(F)c(-c2ccc(-n3c4ccccc4c4ccccc43)cc2)c(F)c(F)c1-c1ccc(-n2c3ccccc3c3ccccc32)cc1. The van der Waals surface area contributed by atoms with Crippen molar-refractivity contribution in [3.8, 4) is 33.6 Å². The summed E-state index contributed by atoms with van der Waals surface area (Å²) >= 11 is 0. The Balaban J connectivity index is 1.11. The minimum Gasteiger partial charge on any atom is -0.309 e. The lowest BCUT2D eigenvalue weighted by Crippen LogP contribution is -2.04. The first-order chi connectivity index (χ1) is 23.5. The molecule has 0 radical (unpaired) electrons. The number of rotatable bonds is 4. The average molecular weight is 633 g/mol. The van der Waals surface area contributed by atoms with E-state index in [2.05, 4.69) is 9.13 Å². The minimum atomic E-state index is -1.44. The van der Waals surface area contributed by atoms with Gasteiger partial charge in [-0.15, -0.1) is 0 Å². The highest BCUT2D eigenvalue weighted by Crippen LogP contribution is 2.39. The average Bonchev–Trinajstić information content (AvgIpc) is 3.65. The Kier molecular flexibility index (Phi) is 6.27. The van der Waals surface area contributed by atoms with Crippen LogP contribution in [0, 0.1) is 23.3 Å². The van der Waals surface area contributed by atoms with Crippen LogP contribution in [-0.2, 0) is 0 Å². The van der Waals surface area contributed by atoms with Crippen LogP contribution in [0.2, 0.25) is 0 Å². The predicted octanol–water partition coefficient (Wildman–Crippen LogP) is 11.8. The lowest BCUT2D eigenvalue weighted by Gasteiger charge is -2.14. The number of nitrogens with zero attached hydrogens (tertiary/aromatic N) is 2. The van der Waals surface area contributed by atoms with Gasteiger partial charge in [0.1, 0.15) is 0 Å². The van der Waals surface area contributed by atoms with E-state index in [1.54, 1.807) is 24.3 Å². The lowest BCUT2D eigenvalue weighted by molar-refractivity contribution is 0.463. The van der Waals surface area contributed by atoms with Crippen LogP contribution in [0.3, 0.4) is 0 Å². The summed E-state index contributed by atoms with van der Waals surface area (Å²) in [6, 6.07) is 44.6. The molecule has 0 bridgehead atoms. The molecule has 2 aromatic heterocycles. The summed E-state index contributed by atoms with van der Waals surface area (Å²) < 4.78 is 67.0. The van der Waals surface area contributed by atoms with Gasteiger partial charge in [-0.05, 0) is 59.7 Å². The van der Waals surface area contributed by atoms with Gasteiger partial charge < -0.3 is 9.13 Å². The zero-order chi connectivity index (χ0) is 32.5. The van der Waals surface area contributed by atoms with Crippen molar-refractivity contribution in [2.45, 2.75) is 0 Å². The van der Waals surface area contributed by atoms with Crippen molar-refractivity contribution in [3.05, 3.63) is 169 Å². The number of fused-ring (bicyclic) bond motifs is 6. The molecule has 0 fully saturated rings. The molecule has 6 heteroatoms. The molecule has 7 aromatic carbocycles. The van der Waals surface area contributed by atoms with Gasteiger partial charge in [-0.3, -0.25) is 0 Å². The molecule has 230 valence electrons. The van der Waals surface area contributed by atoms with Crippen molar-refractivity contribution in [3.63, 3.8) is 0 Å². The highest BCUT2D eigenvalue weighted by atomic mass is 19.2. The molecule has 0 atom stereocenters. The molecule has 0 saturated heterocycles. The van der Waals surface area contributed by atoms with Crippen LogP contribution in [0.15, 0.2) is 146 Å². The molecule has 2 heterocycles. The molecule has 0 saturated carbocycles. The molecular formula is C42H24F4N2. The maximum Gasteiger partial charge on any atom is 0.170 e. The number of aromatic nitrogens is 2. The van der Waals surface area contributed by atoms with Crippen LogP contribution < -0.4 is 0 Å². The summed E-state index contributed by atoms with van der Waals surface area (Å²) in [5.74, 6) is -5.78. The highest BCUT2D eigenvalue weighted by molar-refractivity contribution is 6.10. The molecule has 0 amide bonds. The van der Waals surface area contributed by atoms with Crippen LogP contribution in [0.5, 0.6) is 0 Å². The van der Waals surface area contributed by atoms with Crippen LogP contribution in [0.25, 0.3) is 77.2 Å². The lowest BCUT2D eigenvalue weighted by atomic mass is 9.97. The zero-order valence-electron chi connectivity index (χ0n) is 25.3. The fourth-order valence-electron chi connectivity index (χ4n) is 7.09. The Morgan fingerprint density at radius 2 is 0.542 bits per heavy atom. The van der Waals surface area contributed by atoms with E-state index in [0.29, 0.717) is 0 Å². The number of benzene rings is 7. The quantitative estimate of drug-likeness (QED) is 0.135. The largest absolute Gasteiger partial charge is 0.309 e. The Morgan fingerprint density at radius 1 is 0.292 bits per heavy atom. The first kappa shape index (κ1) is 28.1. The zero-order valence-corrected chi connectivity index (χ0v) is 25.3. The summed E-state index contributed by atoms with van der Waals surface area (Å²) in [5.41, 5.74) is 3.93. The Morgan fingerprint density at radius 3 is 0.812 bits per heavy atom. The first-order valence-corrected chi connectivity index (χ1v) is 15.5. The molecular weight excluding hydrogens is 608 g/mol. The number of hydrogen-bond donors (Lipinski definition) is 0. The van der Waals surface area contributed by atoms with Gasteiger partial charge in [-0.1, -0.05) is 97.1 Å². The van der Waals surface area contributed by atoms with Gasteiger partial charge >= 0.3 is 0 Å². The van der Waals surface area contributed by atoms with Gasteiger partial charge in [0.25, 0.3) is 0 Å². The summed E-state index contributed by atoms with van der Waals surface area (Å²) in [6.45, 7) is 0. The predicted molar refractivity (Wildman–Crippen MR) is 186 cm³/mol. The Hall–Kier alpha value is -6.14. The monoisotopic (exact) mass is 632 g/mol. The van der Waals surface area contributed by atoms with Crippen molar-refractivity contribution in [2.24, 2.45) is 0 Å². The smallest absolute Gasteiger partial charge is 0.170 e. The topological polar surface area (TPSA) is 9.86 Å². The third-order valence-corrected chi connectivity index (χ3v) is 9.25. The van der Waals surface area contributed by atoms with Gasteiger partial charge in [0.15, 0.2) is 23.3 Å². The molecule has 2 nitrogen and oxygen atoms in total. The van der Waals surface area contributed by atoms with E-state index in [1.807, 2.05) is 97.1 Å². The van der Waals surface area contributed by atoms with Crippen molar-refractivity contribution in [1.29, 1.82) is 0 Å². The number of hydrogen-bond acceptors (Lipinski definition) is 0. The summed E-state index contributed by atoms with van der Waals surface area (Å²) in [4.78, 5) is 0. The molecule has 0 unspecified atom stereocenters. The molecule has 9 rings (SSSR count). The minimum absolute atomic E-state index is 0.0283. The number of para-hydroxylation sites is 4. The third kappa shape index (κ3) is 4.05. The fourth-order valence-corrected chi connectivity index (χ4v) is 7.09. The molecule has 0 aliphatic carbocycles. The van der Waals surface area contributed by atoms with E-state index < -0.39 is 34.4 Å². The normalized spacial score (nSPS) is 11.8. The summed E-state index contributed by atoms with van der Waals surface area (Å²) in [6.07, 6.45) is 0. The van der Waals surface area contributed by atoms with Crippen molar-refractivity contribution >= 4 is 43.6 Å². The van der Waals surface area contributed by atoms with Crippen LogP contribution in [-0.4, -0.2) is 9.13 Å². The van der Waals surface area contributed by atoms with Gasteiger partial charge in [-0.2, -0.15) is 0 Å². The second-order valence-corrected chi connectivity index (χ2v) is 11.8. The highest BCUT2D eigenvalue weighted by Gasteiger charge is 2.27. The third-order valence-electron chi connectivity index (χ3n) is 9.25. The maximum atomic E-state index is 15.7. The first-order valence-electron chi connectivity index (χ1n) is 15.5. The van der Waals surface area contributed by atoms with Gasteiger partial charge in [0, 0.05) is 32.9 Å². The maximum absolute atomic E-state index is 15.7. The van der Waals surface area contributed by atoms with Crippen LogP contribution >= 0.6 is 0 Å². The Bertz CT molecular complexity index is 2380. The fraction of sp³-hybridized carbons (Fsp3) is 0. The molecule has 0 spiro atoms. The van der Waals surface area contributed by atoms with E-state index >= 15 is 17.6 Å². The second-order valence-electron chi connectivity index (χ2n) is 11.8. The Labute approximate surface area is 272 Å². The van der Waals surface area contributed by atoms with Crippen molar-refractivity contribution in [1.82, 2.24) is 9.13 Å². The van der Waals surface area contributed by atoms with E-state index in [4.69, 9.17) is 0 Å². The van der Waals surface area contributed by atoms with E-state index in [1.165, 1.54) is 24.3 Å². The van der Waals surface area contributed by atoms with E-state index in [0.717, 1.165) is 55.0 Å². The van der Waals surface area contributed by atoms with Crippen molar-refractivity contribution in [2.75, 3.05) is 0 Å². The van der Waals surface area contributed by atoms with E-state index in [9.17, 15) is 0 Å². The molecule has 0 aliphatic heterocycles. The summed E-state index contributed by atoms with van der Waals surface area (Å²) in [5, 5.41) is 4.27. The number of halogens is 4. The van der Waals surface area contributed by atoms with E-state index in [-0.39, 0.29) is 11.1 Å². The molecule has 0 aliphatic rings. The molecule has 0 N–H and O–H groups in total. The van der Waals surface area contributed by atoms with Crippen molar-refractivity contribution < 1.29 is 17.6 Å². The van der Waals surface area contributed by atoms with Crippen LogP contribution in [0.4, 0.5) is 17.6 Å². The standard InChI is InChI=1S/C42H24F4N2/c43-39-37(25-17-21-27(22-18-25)47-33-13-5-1-9-29(33)30-10-2-6-14-34(30)47)40(44)42(46)38(41(39)45)26-19-23-28(24-20-26)48-35-15-7-3-11-31(35)32-12-4-8-16-36(32)48/h1-24H. The molecule has 9 aromatic rings. The van der Waals surface area contributed by atoms with Gasteiger partial charge in [0.2, 0.25) is 0 Å². The van der Waals surface area contributed by atoms with Gasteiger partial charge in [-0.25, -0.2) is 17.6 Å².